The van der Waals surface area contributed by atoms with E-state index in [2.05, 4.69) is 109 Å². The third-order valence-electron chi connectivity index (χ3n) is 6.96. The van der Waals surface area contributed by atoms with Gasteiger partial charge in [0.1, 0.15) is 0 Å². The molecule has 2 aliphatic rings. The summed E-state index contributed by atoms with van der Waals surface area (Å²) in [6.45, 7) is 2.18. The number of para-hydroxylation sites is 1. The Balaban J connectivity index is 1.47. The molecule has 4 aromatic carbocycles. The van der Waals surface area contributed by atoms with Gasteiger partial charge in [0.25, 0.3) is 0 Å². The maximum absolute atomic E-state index is 2.58. The topological polar surface area (TPSA) is 3.24 Å². The zero-order valence-electron chi connectivity index (χ0n) is 17.3. The number of anilines is 2. The largest absolute Gasteiger partial charge is 0.333 e. The molecule has 1 aliphatic heterocycles. The summed E-state index contributed by atoms with van der Waals surface area (Å²) in [5.41, 5.74) is 11.1. The molecule has 0 fully saturated rings. The van der Waals surface area contributed by atoms with Gasteiger partial charge >= 0.3 is 0 Å². The first kappa shape index (κ1) is 17.5. The van der Waals surface area contributed by atoms with Crippen LogP contribution in [0.25, 0.3) is 11.1 Å². The molecule has 1 aliphatic carbocycles. The van der Waals surface area contributed by atoms with Crippen LogP contribution in [0.1, 0.15) is 40.6 Å². The van der Waals surface area contributed by atoms with Crippen molar-refractivity contribution in [2.24, 2.45) is 0 Å². The molecule has 1 nitrogen and oxygen atoms in total. The molecule has 1 heterocycles. The molecule has 0 bridgehead atoms. The van der Waals surface area contributed by atoms with E-state index in [1.54, 1.807) is 0 Å². The Morgan fingerprint density at radius 1 is 0.700 bits per heavy atom. The van der Waals surface area contributed by atoms with Gasteiger partial charge < -0.3 is 4.90 Å². The van der Waals surface area contributed by atoms with E-state index in [4.69, 9.17) is 0 Å². The van der Waals surface area contributed by atoms with Gasteiger partial charge in [-0.2, -0.15) is 0 Å². The Labute approximate surface area is 178 Å². The lowest BCUT2D eigenvalue weighted by Gasteiger charge is -2.35. The monoisotopic (exact) mass is 387 g/mol. The molecule has 4 aromatic rings. The third-order valence-corrected chi connectivity index (χ3v) is 6.96. The highest BCUT2D eigenvalue weighted by Gasteiger charge is 2.42. The lowest BCUT2D eigenvalue weighted by atomic mass is 9.78. The molecule has 0 aromatic heterocycles. The second-order valence-electron chi connectivity index (χ2n) is 8.58. The van der Waals surface area contributed by atoms with Crippen LogP contribution in [0.15, 0.2) is 97.1 Å². The molecule has 0 spiro atoms. The molecule has 146 valence electrons. The van der Waals surface area contributed by atoms with Gasteiger partial charge in [0, 0.05) is 17.3 Å². The lowest BCUT2D eigenvalue weighted by molar-refractivity contribution is 0.509. The van der Waals surface area contributed by atoms with Crippen LogP contribution in [0.3, 0.4) is 0 Å². The number of benzene rings is 4. The molecular weight excluding hydrogens is 362 g/mol. The zero-order chi connectivity index (χ0) is 20.1. The van der Waals surface area contributed by atoms with E-state index in [1.165, 1.54) is 57.6 Å². The summed E-state index contributed by atoms with van der Waals surface area (Å²) in [6.07, 6.45) is 2.39. The zero-order valence-corrected chi connectivity index (χ0v) is 17.3. The van der Waals surface area contributed by atoms with Crippen LogP contribution in [0.5, 0.6) is 0 Å². The van der Waals surface area contributed by atoms with E-state index in [-0.39, 0.29) is 0 Å². The van der Waals surface area contributed by atoms with Crippen molar-refractivity contribution >= 4 is 11.4 Å². The smallest absolute Gasteiger partial charge is 0.0663 e. The molecule has 30 heavy (non-hydrogen) atoms. The van der Waals surface area contributed by atoms with Gasteiger partial charge in [-0.25, -0.2) is 0 Å². The van der Waals surface area contributed by atoms with Gasteiger partial charge in [-0.05, 0) is 71.3 Å². The van der Waals surface area contributed by atoms with Crippen LogP contribution >= 0.6 is 0 Å². The fourth-order valence-corrected chi connectivity index (χ4v) is 5.55. The van der Waals surface area contributed by atoms with Crippen LogP contribution < -0.4 is 4.90 Å². The van der Waals surface area contributed by atoms with Crippen molar-refractivity contribution in [2.75, 3.05) is 4.90 Å². The summed E-state index contributed by atoms with van der Waals surface area (Å²) in [5.74, 6) is 0.562. The maximum Gasteiger partial charge on any atom is 0.0663 e. The highest BCUT2D eigenvalue weighted by Crippen LogP contribution is 2.56. The van der Waals surface area contributed by atoms with Crippen LogP contribution in [0, 0.1) is 6.92 Å². The van der Waals surface area contributed by atoms with E-state index in [1.807, 2.05) is 0 Å². The summed E-state index contributed by atoms with van der Waals surface area (Å²) >= 11 is 0. The standard InChI is InChI=1S/C29H25N/c1-20-8-2-4-10-24(20)22-14-17-23(18-15-22)30-28-13-7-6-12-26(28)27-19-16-21-9-3-5-11-25(21)29(27)30/h2-15,17-18,27,29H,16,19H2,1H3. The molecule has 0 saturated heterocycles. The predicted molar refractivity (Wildman–Crippen MR) is 125 cm³/mol. The Morgan fingerprint density at radius 2 is 1.40 bits per heavy atom. The first-order valence-corrected chi connectivity index (χ1v) is 10.9. The van der Waals surface area contributed by atoms with Crippen LogP contribution in [-0.2, 0) is 6.42 Å². The average Bonchev–Trinajstić information content (AvgIpc) is 3.15. The minimum absolute atomic E-state index is 0.386. The second-order valence-corrected chi connectivity index (χ2v) is 8.58. The fourth-order valence-electron chi connectivity index (χ4n) is 5.55. The molecule has 2 unspecified atom stereocenters. The third kappa shape index (κ3) is 2.62. The number of nitrogens with zero attached hydrogens (tertiary/aromatic N) is 1. The van der Waals surface area contributed by atoms with Crippen molar-refractivity contribution < 1.29 is 0 Å². The molecule has 2 atom stereocenters. The Morgan fingerprint density at radius 3 is 2.23 bits per heavy atom. The van der Waals surface area contributed by atoms with Crippen LogP contribution in [0.2, 0.25) is 0 Å². The van der Waals surface area contributed by atoms with Gasteiger partial charge in [0.15, 0.2) is 0 Å². The summed E-state index contributed by atoms with van der Waals surface area (Å²) in [5, 5.41) is 0. The molecule has 0 N–H and O–H groups in total. The fraction of sp³-hybridized carbons (Fsp3) is 0.172. The normalized spacial score (nSPS) is 19.2. The summed E-state index contributed by atoms with van der Waals surface area (Å²) in [7, 11) is 0. The number of hydrogen-bond acceptors (Lipinski definition) is 1. The van der Waals surface area contributed by atoms with E-state index in [0.29, 0.717) is 12.0 Å². The molecule has 0 saturated carbocycles. The molecule has 6 rings (SSSR count). The van der Waals surface area contributed by atoms with E-state index in [9.17, 15) is 0 Å². The lowest BCUT2D eigenvalue weighted by Crippen LogP contribution is -2.26. The SMILES string of the molecule is Cc1ccccc1-c1ccc(N2c3ccccc3C3CCc4ccccc4C32)cc1. The van der Waals surface area contributed by atoms with E-state index in [0.717, 1.165) is 0 Å². The number of aryl methyl sites for hydroxylation is 2. The minimum atomic E-state index is 0.386. The minimum Gasteiger partial charge on any atom is -0.333 e. The Kier molecular flexibility index (Phi) is 4.02. The highest BCUT2D eigenvalue weighted by molar-refractivity contribution is 5.77. The van der Waals surface area contributed by atoms with E-state index >= 15 is 0 Å². The van der Waals surface area contributed by atoms with E-state index < -0.39 is 0 Å². The molecular formula is C29H25N. The van der Waals surface area contributed by atoms with Gasteiger partial charge in [-0.15, -0.1) is 0 Å². The van der Waals surface area contributed by atoms with Crippen molar-refractivity contribution in [1.29, 1.82) is 0 Å². The van der Waals surface area contributed by atoms with Gasteiger partial charge in [-0.1, -0.05) is 78.9 Å². The number of hydrogen-bond donors (Lipinski definition) is 0. The van der Waals surface area contributed by atoms with Crippen LogP contribution in [-0.4, -0.2) is 0 Å². The predicted octanol–water partition coefficient (Wildman–Crippen LogP) is 7.58. The maximum atomic E-state index is 2.58. The Bertz CT molecular complexity index is 1220. The van der Waals surface area contributed by atoms with Crippen molar-refractivity contribution in [1.82, 2.24) is 0 Å². The number of fused-ring (bicyclic) bond motifs is 5. The van der Waals surface area contributed by atoms with Gasteiger partial charge in [-0.3, -0.25) is 0 Å². The van der Waals surface area contributed by atoms with Gasteiger partial charge in [0.2, 0.25) is 0 Å². The van der Waals surface area contributed by atoms with Crippen molar-refractivity contribution in [3.8, 4) is 11.1 Å². The number of rotatable bonds is 2. The average molecular weight is 388 g/mol. The first-order valence-electron chi connectivity index (χ1n) is 10.9. The first-order chi connectivity index (χ1) is 14.8. The quantitative estimate of drug-likeness (QED) is 0.342. The highest BCUT2D eigenvalue weighted by atomic mass is 15.2. The Hall–Kier alpha value is -3.32. The summed E-state index contributed by atoms with van der Waals surface area (Å²) < 4.78 is 0. The van der Waals surface area contributed by atoms with Crippen molar-refractivity contribution in [3.05, 3.63) is 119 Å². The van der Waals surface area contributed by atoms with Crippen molar-refractivity contribution in [2.45, 2.75) is 31.7 Å². The second kappa shape index (κ2) is 6.88. The van der Waals surface area contributed by atoms with Gasteiger partial charge in [0.05, 0.1) is 6.04 Å². The molecule has 0 radical (unpaired) electrons. The summed E-state index contributed by atoms with van der Waals surface area (Å²) in [4.78, 5) is 2.58. The molecule has 1 heteroatoms. The van der Waals surface area contributed by atoms with Crippen molar-refractivity contribution in [3.63, 3.8) is 0 Å². The van der Waals surface area contributed by atoms with Crippen LogP contribution in [0.4, 0.5) is 11.4 Å². The summed E-state index contributed by atoms with van der Waals surface area (Å²) in [6, 6.07) is 36.2. The molecule has 0 amide bonds.